The Morgan fingerprint density at radius 2 is 1.88 bits per heavy atom. The van der Waals surface area contributed by atoms with E-state index in [1.54, 1.807) is 17.0 Å². The van der Waals surface area contributed by atoms with Gasteiger partial charge >= 0.3 is 0 Å². The molecule has 1 N–H and O–H groups in total. The van der Waals surface area contributed by atoms with Crippen LogP contribution < -0.4 is 5.32 Å². The topological polar surface area (TPSA) is 75.4 Å². The van der Waals surface area contributed by atoms with Crippen LogP contribution in [0.5, 0.6) is 0 Å². The highest BCUT2D eigenvalue weighted by atomic mass is 35.5. The van der Waals surface area contributed by atoms with Gasteiger partial charge in [-0.05, 0) is 44.2 Å². The minimum Gasteiger partial charge on any atom is -0.441 e. The van der Waals surface area contributed by atoms with Crippen molar-refractivity contribution in [3.63, 3.8) is 0 Å². The van der Waals surface area contributed by atoms with E-state index in [1.807, 2.05) is 13.8 Å². The molecule has 0 spiro atoms. The molecule has 168 valence electrons. The maximum Gasteiger partial charge on any atom is 0.255 e. The van der Waals surface area contributed by atoms with Gasteiger partial charge in [0.2, 0.25) is 5.91 Å². The Morgan fingerprint density at radius 1 is 1.12 bits per heavy atom. The number of halogens is 3. The Hall–Kier alpha value is -3.26. The van der Waals surface area contributed by atoms with E-state index in [0.29, 0.717) is 24.3 Å². The van der Waals surface area contributed by atoms with Crippen molar-refractivity contribution in [3.05, 3.63) is 70.7 Å². The summed E-state index contributed by atoms with van der Waals surface area (Å²) in [4.78, 5) is 30.4. The van der Waals surface area contributed by atoms with Crippen molar-refractivity contribution < 1.29 is 22.8 Å². The van der Waals surface area contributed by atoms with E-state index in [0.717, 1.165) is 12.1 Å². The van der Waals surface area contributed by atoms with Gasteiger partial charge in [0, 0.05) is 37.7 Å². The molecule has 0 aliphatic carbocycles. The van der Waals surface area contributed by atoms with Crippen LogP contribution in [-0.2, 0) is 11.2 Å². The number of anilines is 1. The number of benzene rings is 2. The predicted octanol–water partition coefficient (Wildman–Crippen LogP) is 5.33. The third-order valence-corrected chi connectivity index (χ3v) is 5.16. The van der Waals surface area contributed by atoms with Gasteiger partial charge in [-0.2, -0.15) is 0 Å². The number of oxazole rings is 1. The monoisotopic (exact) mass is 461 g/mol. The Kier molecular flexibility index (Phi) is 7.58. The molecule has 0 fully saturated rings. The van der Waals surface area contributed by atoms with Crippen LogP contribution >= 0.6 is 11.6 Å². The van der Waals surface area contributed by atoms with Crippen molar-refractivity contribution in [2.24, 2.45) is 0 Å². The van der Waals surface area contributed by atoms with Crippen LogP contribution in [0.3, 0.4) is 0 Å². The summed E-state index contributed by atoms with van der Waals surface area (Å²) >= 11 is 6.24. The Bertz CT molecular complexity index is 1130. The van der Waals surface area contributed by atoms with Gasteiger partial charge in [0.15, 0.2) is 11.7 Å². The Morgan fingerprint density at radius 3 is 2.53 bits per heavy atom. The fraction of sp³-hybridized carbons (Fsp3) is 0.261. The first-order valence-corrected chi connectivity index (χ1v) is 10.5. The molecule has 32 heavy (non-hydrogen) atoms. The van der Waals surface area contributed by atoms with Gasteiger partial charge in [-0.1, -0.05) is 11.6 Å². The number of hydrogen-bond donors (Lipinski definition) is 1. The van der Waals surface area contributed by atoms with E-state index < -0.39 is 11.6 Å². The van der Waals surface area contributed by atoms with E-state index in [-0.39, 0.29) is 46.9 Å². The molecule has 0 radical (unpaired) electrons. The summed E-state index contributed by atoms with van der Waals surface area (Å²) in [6, 6.07) is 7.87. The number of amides is 2. The standard InChI is InChI=1S/C23H22ClF2N3O3/c1-3-29(4-2)23(31)16-8-6-15(12-18(16)24)28-21(30)9-10-22-27-13-20(32-22)17-7-5-14(25)11-19(17)26/h5-8,11-13H,3-4,9-10H2,1-2H3,(H,28,30). The van der Waals surface area contributed by atoms with Gasteiger partial charge in [0.25, 0.3) is 5.91 Å². The molecule has 0 aliphatic heterocycles. The van der Waals surface area contributed by atoms with Gasteiger partial charge in [-0.3, -0.25) is 9.59 Å². The molecule has 0 saturated carbocycles. The highest BCUT2D eigenvalue weighted by Crippen LogP contribution is 2.25. The SMILES string of the molecule is CCN(CC)C(=O)c1ccc(NC(=O)CCc2ncc(-c3ccc(F)cc3F)o2)cc1Cl. The number of rotatable bonds is 8. The van der Waals surface area contributed by atoms with E-state index in [4.69, 9.17) is 16.0 Å². The lowest BCUT2D eigenvalue weighted by Gasteiger charge is -2.19. The minimum absolute atomic E-state index is 0.0591. The number of carbonyl (C=O) groups is 2. The van der Waals surface area contributed by atoms with Crippen molar-refractivity contribution in [1.82, 2.24) is 9.88 Å². The molecule has 6 nitrogen and oxygen atoms in total. The molecule has 1 aromatic heterocycles. The van der Waals surface area contributed by atoms with E-state index in [1.165, 1.54) is 18.3 Å². The first kappa shape index (κ1) is 23.4. The van der Waals surface area contributed by atoms with Crippen molar-refractivity contribution in [1.29, 1.82) is 0 Å². The maximum absolute atomic E-state index is 13.9. The summed E-state index contributed by atoms with van der Waals surface area (Å²) in [6.45, 7) is 4.91. The summed E-state index contributed by atoms with van der Waals surface area (Å²) in [5, 5.41) is 2.96. The van der Waals surface area contributed by atoms with Crippen LogP contribution in [0.15, 0.2) is 47.0 Å². The quantitative estimate of drug-likeness (QED) is 0.492. The molecule has 3 aromatic rings. The van der Waals surface area contributed by atoms with Gasteiger partial charge in [0.05, 0.1) is 22.3 Å². The summed E-state index contributed by atoms with van der Waals surface area (Å²) in [7, 11) is 0. The van der Waals surface area contributed by atoms with Gasteiger partial charge in [0.1, 0.15) is 11.6 Å². The highest BCUT2D eigenvalue weighted by molar-refractivity contribution is 6.34. The molecular formula is C23H22ClF2N3O3. The molecule has 0 unspecified atom stereocenters. The first-order valence-electron chi connectivity index (χ1n) is 10.1. The van der Waals surface area contributed by atoms with E-state index in [9.17, 15) is 18.4 Å². The lowest BCUT2D eigenvalue weighted by molar-refractivity contribution is -0.116. The lowest BCUT2D eigenvalue weighted by atomic mass is 10.1. The number of aryl methyl sites for hydroxylation is 1. The van der Waals surface area contributed by atoms with Crippen molar-refractivity contribution in [3.8, 4) is 11.3 Å². The Balaban J connectivity index is 1.59. The molecule has 1 heterocycles. The van der Waals surface area contributed by atoms with Crippen LogP contribution in [-0.4, -0.2) is 34.8 Å². The molecule has 0 saturated heterocycles. The summed E-state index contributed by atoms with van der Waals surface area (Å²) in [5.74, 6) is -1.53. The number of aromatic nitrogens is 1. The Labute approximate surface area is 189 Å². The largest absolute Gasteiger partial charge is 0.441 e. The fourth-order valence-corrected chi connectivity index (χ4v) is 3.39. The van der Waals surface area contributed by atoms with E-state index >= 15 is 0 Å². The second kappa shape index (κ2) is 10.4. The average molecular weight is 462 g/mol. The summed E-state index contributed by atoms with van der Waals surface area (Å²) in [6.07, 6.45) is 1.57. The maximum atomic E-state index is 13.9. The highest BCUT2D eigenvalue weighted by Gasteiger charge is 2.17. The molecule has 9 heteroatoms. The number of nitrogens with one attached hydrogen (secondary N) is 1. The molecule has 3 rings (SSSR count). The molecule has 2 aromatic carbocycles. The second-order valence-electron chi connectivity index (χ2n) is 6.96. The normalized spacial score (nSPS) is 10.8. The third kappa shape index (κ3) is 5.50. The zero-order valence-electron chi connectivity index (χ0n) is 17.6. The van der Waals surface area contributed by atoms with Crippen LogP contribution in [0.25, 0.3) is 11.3 Å². The molecule has 0 bridgehead atoms. The predicted molar refractivity (Wildman–Crippen MR) is 118 cm³/mol. The fourth-order valence-electron chi connectivity index (χ4n) is 3.13. The summed E-state index contributed by atoms with van der Waals surface area (Å²) in [5.41, 5.74) is 0.912. The third-order valence-electron chi connectivity index (χ3n) is 4.85. The van der Waals surface area contributed by atoms with Crippen molar-refractivity contribution >= 4 is 29.1 Å². The van der Waals surface area contributed by atoms with Gasteiger partial charge < -0.3 is 14.6 Å². The van der Waals surface area contributed by atoms with Crippen molar-refractivity contribution in [2.75, 3.05) is 18.4 Å². The molecular weight excluding hydrogens is 440 g/mol. The molecule has 2 amide bonds. The van der Waals surface area contributed by atoms with Gasteiger partial charge in [-0.15, -0.1) is 0 Å². The van der Waals surface area contributed by atoms with Crippen LogP contribution in [0.2, 0.25) is 5.02 Å². The first-order chi connectivity index (χ1) is 15.3. The van der Waals surface area contributed by atoms with Crippen LogP contribution in [0, 0.1) is 11.6 Å². The zero-order chi connectivity index (χ0) is 23.3. The molecule has 0 atom stereocenters. The summed E-state index contributed by atoms with van der Waals surface area (Å²) < 4.78 is 32.4. The second-order valence-corrected chi connectivity index (χ2v) is 7.37. The number of hydrogen-bond acceptors (Lipinski definition) is 4. The number of nitrogens with zero attached hydrogens (tertiary/aromatic N) is 2. The van der Waals surface area contributed by atoms with Gasteiger partial charge in [-0.25, -0.2) is 13.8 Å². The minimum atomic E-state index is -0.759. The molecule has 0 aliphatic rings. The van der Waals surface area contributed by atoms with Crippen LogP contribution in [0.4, 0.5) is 14.5 Å². The average Bonchev–Trinajstić information content (AvgIpc) is 3.22. The lowest BCUT2D eigenvalue weighted by Crippen LogP contribution is -2.30. The zero-order valence-corrected chi connectivity index (χ0v) is 18.4. The smallest absolute Gasteiger partial charge is 0.255 e. The number of carbonyl (C=O) groups excluding carboxylic acids is 2. The van der Waals surface area contributed by atoms with Crippen molar-refractivity contribution in [2.45, 2.75) is 26.7 Å². The van der Waals surface area contributed by atoms with E-state index in [2.05, 4.69) is 10.3 Å². The van der Waals surface area contributed by atoms with Crippen LogP contribution in [0.1, 0.15) is 36.5 Å².